The van der Waals surface area contributed by atoms with Crippen molar-refractivity contribution in [2.45, 2.75) is 78.2 Å². The molecule has 0 unspecified atom stereocenters. The molecule has 0 radical (unpaired) electrons. The summed E-state index contributed by atoms with van der Waals surface area (Å²) >= 11 is 0. The van der Waals surface area contributed by atoms with Gasteiger partial charge in [0.1, 0.15) is 0 Å². The molecular weight excluding hydrogens is 278 g/mol. The fourth-order valence-electron chi connectivity index (χ4n) is 7.92. The van der Waals surface area contributed by atoms with Crippen LogP contribution in [0.2, 0.25) is 0 Å². The lowest BCUT2D eigenvalue weighted by Gasteiger charge is -2.57. The number of aliphatic imine (C=N–C) groups is 1. The van der Waals surface area contributed by atoms with E-state index < -0.39 is 0 Å². The first-order valence-corrected chi connectivity index (χ1v) is 10.3. The van der Waals surface area contributed by atoms with E-state index in [0.717, 1.165) is 29.6 Å². The Labute approximate surface area is 142 Å². The quantitative estimate of drug-likeness (QED) is 0.512. The second kappa shape index (κ2) is 4.73. The van der Waals surface area contributed by atoms with Crippen molar-refractivity contribution in [3.8, 4) is 0 Å². The summed E-state index contributed by atoms with van der Waals surface area (Å²) in [6, 6.07) is 0.595. The van der Waals surface area contributed by atoms with Crippen LogP contribution in [0.1, 0.15) is 72.1 Å². The van der Waals surface area contributed by atoms with Crippen LogP contribution in [0.5, 0.6) is 0 Å². The molecule has 3 fully saturated rings. The Morgan fingerprint density at radius 2 is 1.83 bits per heavy atom. The molecule has 1 spiro atoms. The van der Waals surface area contributed by atoms with Crippen LogP contribution < -0.4 is 0 Å². The van der Waals surface area contributed by atoms with Crippen molar-refractivity contribution < 1.29 is 0 Å². The van der Waals surface area contributed by atoms with Crippen LogP contribution in [-0.2, 0) is 0 Å². The molecule has 0 amide bonds. The van der Waals surface area contributed by atoms with Crippen molar-refractivity contribution >= 4 is 6.21 Å². The molecule has 23 heavy (non-hydrogen) atoms. The molecule has 0 bridgehead atoms. The smallest absolute Gasteiger partial charge is 0.0504 e. The van der Waals surface area contributed by atoms with Crippen LogP contribution in [0.3, 0.4) is 0 Å². The second-order valence-electron chi connectivity index (χ2n) is 9.96. The minimum absolute atomic E-state index is 0.504. The van der Waals surface area contributed by atoms with E-state index in [-0.39, 0.29) is 0 Å². The van der Waals surface area contributed by atoms with Crippen LogP contribution >= 0.6 is 0 Å². The van der Waals surface area contributed by atoms with Crippen LogP contribution in [0.15, 0.2) is 16.6 Å². The van der Waals surface area contributed by atoms with Crippen LogP contribution in [-0.4, -0.2) is 12.3 Å². The Morgan fingerprint density at radius 1 is 1.00 bits per heavy atom. The first kappa shape index (κ1) is 14.7. The molecule has 0 aromatic carbocycles. The zero-order valence-electron chi connectivity index (χ0n) is 15.2. The fourth-order valence-corrected chi connectivity index (χ4v) is 7.92. The molecule has 1 heterocycles. The normalized spacial score (nSPS) is 57.3. The highest BCUT2D eigenvalue weighted by molar-refractivity contribution is 5.71. The van der Waals surface area contributed by atoms with Gasteiger partial charge in [-0.25, -0.2) is 0 Å². The zero-order valence-corrected chi connectivity index (χ0v) is 15.2. The molecule has 5 aliphatic rings. The van der Waals surface area contributed by atoms with Crippen molar-refractivity contribution in [3.63, 3.8) is 0 Å². The van der Waals surface area contributed by atoms with E-state index >= 15 is 0 Å². The number of hydrogen-bond acceptors (Lipinski definition) is 1. The SMILES string of the molecule is C[C@@H]1CC[C@@]2(C)C(=CC[C@H]3[C@@H]4CC[C@@H]5[C@@H](C)N=C[C@@]54CC[C@@H]32)C1. The van der Waals surface area contributed by atoms with Gasteiger partial charge in [0.05, 0.1) is 6.04 Å². The van der Waals surface area contributed by atoms with Gasteiger partial charge in [-0.05, 0) is 93.3 Å². The third-order valence-electron chi connectivity index (χ3n) is 9.14. The van der Waals surface area contributed by atoms with E-state index in [4.69, 9.17) is 4.99 Å². The van der Waals surface area contributed by atoms with Crippen molar-refractivity contribution in [1.29, 1.82) is 0 Å². The molecule has 4 aliphatic carbocycles. The predicted octanol–water partition coefficient (Wildman–Crippen LogP) is 5.65. The number of hydrogen-bond donors (Lipinski definition) is 0. The van der Waals surface area contributed by atoms with E-state index in [1.165, 1.54) is 51.4 Å². The summed E-state index contributed by atoms with van der Waals surface area (Å²) < 4.78 is 0. The van der Waals surface area contributed by atoms with E-state index in [2.05, 4.69) is 33.1 Å². The molecule has 0 aromatic heterocycles. The van der Waals surface area contributed by atoms with Crippen molar-refractivity contribution in [3.05, 3.63) is 11.6 Å². The lowest BCUT2D eigenvalue weighted by molar-refractivity contribution is -0.0171. The van der Waals surface area contributed by atoms with E-state index in [0.29, 0.717) is 16.9 Å². The number of allylic oxidation sites excluding steroid dienone is 2. The maximum atomic E-state index is 4.90. The van der Waals surface area contributed by atoms with Gasteiger partial charge in [0.25, 0.3) is 0 Å². The van der Waals surface area contributed by atoms with Crippen molar-refractivity contribution in [2.75, 3.05) is 0 Å². The lowest BCUT2D eigenvalue weighted by Crippen LogP contribution is -2.51. The van der Waals surface area contributed by atoms with Gasteiger partial charge in [-0.15, -0.1) is 0 Å². The summed E-state index contributed by atoms with van der Waals surface area (Å²) in [5, 5.41) is 0. The summed E-state index contributed by atoms with van der Waals surface area (Å²) in [7, 11) is 0. The van der Waals surface area contributed by atoms with Gasteiger partial charge in [-0.2, -0.15) is 0 Å². The lowest BCUT2D eigenvalue weighted by atomic mass is 9.47. The van der Waals surface area contributed by atoms with Gasteiger partial charge in [0.15, 0.2) is 0 Å². The summed E-state index contributed by atoms with van der Waals surface area (Å²) in [6.07, 6.45) is 16.7. The summed E-state index contributed by atoms with van der Waals surface area (Å²) in [4.78, 5) is 4.90. The van der Waals surface area contributed by atoms with E-state index in [1.807, 2.05) is 5.57 Å². The van der Waals surface area contributed by atoms with E-state index in [1.54, 1.807) is 0 Å². The summed E-state index contributed by atoms with van der Waals surface area (Å²) in [6.45, 7) is 7.46. The third-order valence-corrected chi connectivity index (χ3v) is 9.14. The molecule has 0 saturated heterocycles. The Morgan fingerprint density at radius 3 is 2.70 bits per heavy atom. The standard InChI is InChI=1S/C22H33N/c1-14-8-10-21(3)16(12-14)4-5-17-19(21)9-11-22-13-23-15(2)18(22)6-7-20(17)22/h4,13-15,17-20H,5-12H2,1-3H3/t14-,15-,17-,18-,19+,20+,21+,22+/m1/s1. The molecule has 1 heteroatoms. The minimum Gasteiger partial charge on any atom is -0.294 e. The van der Waals surface area contributed by atoms with Gasteiger partial charge in [-0.1, -0.05) is 25.5 Å². The third kappa shape index (κ3) is 1.78. The van der Waals surface area contributed by atoms with Gasteiger partial charge in [0, 0.05) is 11.6 Å². The molecule has 5 rings (SSSR count). The Balaban J connectivity index is 1.51. The van der Waals surface area contributed by atoms with E-state index in [9.17, 15) is 0 Å². The maximum Gasteiger partial charge on any atom is 0.0504 e. The van der Waals surface area contributed by atoms with Crippen molar-refractivity contribution in [2.24, 2.45) is 45.4 Å². The Bertz CT molecular complexity index is 575. The Kier molecular flexibility index (Phi) is 3.03. The molecule has 126 valence electrons. The highest BCUT2D eigenvalue weighted by Crippen LogP contribution is 2.67. The number of fused-ring (bicyclic) bond motifs is 4. The predicted molar refractivity (Wildman–Crippen MR) is 96.6 cm³/mol. The molecule has 0 aromatic rings. The molecule has 8 atom stereocenters. The fraction of sp³-hybridized carbons (Fsp3) is 0.864. The van der Waals surface area contributed by atoms with Gasteiger partial charge in [-0.3, -0.25) is 4.99 Å². The largest absolute Gasteiger partial charge is 0.294 e. The molecular formula is C22H33N. The van der Waals surface area contributed by atoms with Gasteiger partial charge in [0.2, 0.25) is 0 Å². The van der Waals surface area contributed by atoms with Crippen molar-refractivity contribution in [1.82, 2.24) is 0 Å². The number of nitrogens with zero attached hydrogens (tertiary/aromatic N) is 1. The highest BCUT2D eigenvalue weighted by atomic mass is 14.9. The minimum atomic E-state index is 0.504. The average Bonchev–Trinajstić information content (AvgIpc) is 3.06. The maximum absolute atomic E-state index is 4.90. The topological polar surface area (TPSA) is 12.4 Å². The van der Waals surface area contributed by atoms with Gasteiger partial charge < -0.3 is 0 Å². The highest BCUT2D eigenvalue weighted by Gasteiger charge is 2.61. The summed E-state index contributed by atoms with van der Waals surface area (Å²) in [5.74, 6) is 4.65. The Hall–Kier alpha value is -0.590. The summed E-state index contributed by atoms with van der Waals surface area (Å²) in [5.41, 5.74) is 2.89. The second-order valence-corrected chi connectivity index (χ2v) is 9.96. The zero-order chi connectivity index (χ0) is 15.8. The number of rotatable bonds is 0. The van der Waals surface area contributed by atoms with Crippen LogP contribution in [0.25, 0.3) is 0 Å². The molecule has 1 aliphatic heterocycles. The van der Waals surface area contributed by atoms with Crippen LogP contribution in [0.4, 0.5) is 0 Å². The first-order chi connectivity index (χ1) is 11.0. The van der Waals surface area contributed by atoms with Crippen LogP contribution in [0, 0.1) is 40.4 Å². The molecule has 3 saturated carbocycles. The average molecular weight is 312 g/mol. The molecule has 1 nitrogen and oxygen atoms in total. The first-order valence-electron chi connectivity index (χ1n) is 10.3. The monoisotopic (exact) mass is 311 g/mol. The van der Waals surface area contributed by atoms with Gasteiger partial charge >= 0.3 is 0 Å². The molecule has 0 N–H and O–H groups in total.